The minimum atomic E-state index is 0.177. The summed E-state index contributed by atoms with van der Waals surface area (Å²) in [5.74, 6) is 0.862. The second-order valence-electron chi connectivity index (χ2n) is 10.1. The van der Waals surface area contributed by atoms with Crippen LogP contribution in [0.4, 0.5) is 5.69 Å². The second-order valence-corrected chi connectivity index (χ2v) is 10.1. The number of hydrogen-bond acceptors (Lipinski definition) is 3. The van der Waals surface area contributed by atoms with Gasteiger partial charge in [-0.3, -0.25) is 4.79 Å². The van der Waals surface area contributed by atoms with E-state index in [4.69, 9.17) is 0 Å². The molecular formula is C28H37N3O. The summed E-state index contributed by atoms with van der Waals surface area (Å²) in [5.41, 5.74) is 7.77. The van der Waals surface area contributed by atoms with Gasteiger partial charge in [-0.25, -0.2) is 0 Å². The summed E-state index contributed by atoms with van der Waals surface area (Å²) in [7, 11) is 2.20. The van der Waals surface area contributed by atoms with E-state index in [1.807, 2.05) is 0 Å². The molecule has 0 unspecified atom stereocenters. The number of hydrogen-bond donors (Lipinski definition) is 0. The molecule has 2 aromatic carbocycles. The fraction of sp³-hybridized carbons (Fsp3) is 0.536. The van der Waals surface area contributed by atoms with Gasteiger partial charge in [-0.05, 0) is 79.6 Å². The highest BCUT2D eigenvalue weighted by molar-refractivity contribution is 5.94. The first-order chi connectivity index (χ1) is 15.6. The zero-order chi connectivity index (χ0) is 22.1. The van der Waals surface area contributed by atoms with Crippen LogP contribution >= 0.6 is 0 Å². The van der Waals surface area contributed by atoms with Crippen LogP contribution in [0.3, 0.4) is 0 Å². The zero-order valence-electron chi connectivity index (χ0n) is 19.8. The smallest absolute Gasteiger partial charge is 0.254 e. The highest BCUT2D eigenvalue weighted by Crippen LogP contribution is 2.34. The maximum atomic E-state index is 13.4. The fourth-order valence-corrected chi connectivity index (χ4v) is 5.87. The number of benzene rings is 2. The Morgan fingerprint density at radius 1 is 0.844 bits per heavy atom. The van der Waals surface area contributed by atoms with Gasteiger partial charge in [-0.2, -0.15) is 0 Å². The van der Waals surface area contributed by atoms with E-state index in [1.54, 1.807) is 0 Å². The van der Waals surface area contributed by atoms with Crippen LogP contribution in [0.5, 0.6) is 0 Å². The molecule has 5 rings (SSSR count). The van der Waals surface area contributed by atoms with E-state index in [0.717, 1.165) is 51.3 Å². The molecule has 4 heteroatoms. The first kappa shape index (κ1) is 21.5. The Kier molecular flexibility index (Phi) is 6.23. The largest absolute Gasteiger partial charge is 0.369 e. The standard InChI is InChI=1S/C28H37N3O/c1-21-8-13-27(30-18-16-29(2)17-19-30)26-20-31(15-14-25(21)26)28(32)24-11-9-23(10-12-24)22-6-4-3-5-7-22/h8-13,22H,3-7,14-20H2,1-2H3. The number of piperazine rings is 1. The number of anilines is 1. The zero-order valence-corrected chi connectivity index (χ0v) is 19.8. The Morgan fingerprint density at radius 3 is 2.28 bits per heavy atom. The molecular weight excluding hydrogens is 394 g/mol. The number of carbonyl (C=O) groups excluding carboxylic acids is 1. The lowest BCUT2D eigenvalue weighted by Gasteiger charge is -2.38. The minimum Gasteiger partial charge on any atom is -0.369 e. The van der Waals surface area contributed by atoms with Crippen molar-refractivity contribution in [2.45, 2.75) is 57.9 Å². The minimum absolute atomic E-state index is 0.177. The van der Waals surface area contributed by atoms with Crippen molar-refractivity contribution >= 4 is 11.6 Å². The highest BCUT2D eigenvalue weighted by atomic mass is 16.2. The Morgan fingerprint density at radius 2 is 1.56 bits per heavy atom. The average Bonchev–Trinajstić information content (AvgIpc) is 2.85. The predicted molar refractivity (Wildman–Crippen MR) is 132 cm³/mol. The van der Waals surface area contributed by atoms with E-state index in [9.17, 15) is 4.79 Å². The van der Waals surface area contributed by atoms with Gasteiger partial charge in [0.25, 0.3) is 5.91 Å². The summed E-state index contributed by atoms with van der Waals surface area (Å²) in [5, 5.41) is 0. The van der Waals surface area contributed by atoms with Crippen molar-refractivity contribution in [1.82, 2.24) is 9.80 Å². The molecule has 0 bridgehead atoms. The molecule has 0 radical (unpaired) electrons. The molecule has 1 aliphatic carbocycles. The van der Waals surface area contributed by atoms with Crippen molar-refractivity contribution in [3.63, 3.8) is 0 Å². The SMILES string of the molecule is Cc1ccc(N2CCN(C)CC2)c2c1CCN(C(=O)c1ccc(C3CCCCC3)cc1)C2. The predicted octanol–water partition coefficient (Wildman–Crippen LogP) is 4.99. The van der Waals surface area contributed by atoms with Gasteiger partial charge in [0, 0.05) is 50.5 Å². The maximum Gasteiger partial charge on any atom is 0.254 e. The van der Waals surface area contributed by atoms with Crippen molar-refractivity contribution in [1.29, 1.82) is 0 Å². The van der Waals surface area contributed by atoms with E-state index >= 15 is 0 Å². The average molecular weight is 432 g/mol. The number of carbonyl (C=O) groups is 1. The number of nitrogens with zero attached hydrogens (tertiary/aromatic N) is 3. The Balaban J connectivity index is 1.34. The topological polar surface area (TPSA) is 26.8 Å². The van der Waals surface area contributed by atoms with E-state index < -0.39 is 0 Å². The quantitative estimate of drug-likeness (QED) is 0.685. The number of fused-ring (bicyclic) bond motifs is 1. The number of amides is 1. The van der Waals surface area contributed by atoms with Gasteiger partial charge in [-0.15, -0.1) is 0 Å². The molecule has 0 N–H and O–H groups in total. The van der Waals surface area contributed by atoms with Gasteiger partial charge in [0.15, 0.2) is 0 Å². The first-order valence-electron chi connectivity index (χ1n) is 12.5. The van der Waals surface area contributed by atoms with Crippen LogP contribution in [0.2, 0.25) is 0 Å². The Labute approximate surface area is 193 Å². The molecule has 0 aromatic heterocycles. The molecule has 0 atom stereocenters. The molecule has 1 saturated carbocycles. The fourth-order valence-electron chi connectivity index (χ4n) is 5.87. The summed E-state index contributed by atoms with van der Waals surface area (Å²) in [4.78, 5) is 20.4. The molecule has 170 valence electrons. The lowest BCUT2D eigenvalue weighted by Crippen LogP contribution is -2.45. The van der Waals surface area contributed by atoms with Crippen molar-refractivity contribution in [2.24, 2.45) is 0 Å². The highest BCUT2D eigenvalue weighted by Gasteiger charge is 2.27. The third kappa shape index (κ3) is 4.30. The Bertz CT molecular complexity index is 953. The second kappa shape index (κ2) is 9.27. The van der Waals surface area contributed by atoms with Crippen LogP contribution in [0, 0.1) is 6.92 Å². The van der Waals surface area contributed by atoms with Crippen LogP contribution in [0.15, 0.2) is 36.4 Å². The van der Waals surface area contributed by atoms with E-state index in [-0.39, 0.29) is 5.91 Å². The van der Waals surface area contributed by atoms with Crippen molar-refractivity contribution in [3.8, 4) is 0 Å². The summed E-state index contributed by atoms with van der Waals surface area (Å²) in [6, 6.07) is 13.1. The monoisotopic (exact) mass is 431 g/mol. The summed E-state index contributed by atoms with van der Waals surface area (Å²) in [6.45, 7) is 8.06. The number of aryl methyl sites for hydroxylation is 1. The van der Waals surface area contributed by atoms with Crippen LogP contribution in [-0.4, -0.2) is 55.5 Å². The molecule has 2 aliphatic heterocycles. The molecule has 2 fully saturated rings. The van der Waals surface area contributed by atoms with Gasteiger partial charge < -0.3 is 14.7 Å². The normalized spacial score (nSPS) is 20.3. The molecule has 1 amide bonds. The van der Waals surface area contributed by atoms with Gasteiger partial charge in [0.1, 0.15) is 0 Å². The first-order valence-corrected chi connectivity index (χ1v) is 12.5. The van der Waals surface area contributed by atoms with Gasteiger partial charge in [-0.1, -0.05) is 37.5 Å². The van der Waals surface area contributed by atoms with Gasteiger partial charge >= 0.3 is 0 Å². The maximum absolute atomic E-state index is 13.4. The molecule has 2 heterocycles. The Hall–Kier alpha value is -2.33. The van der Waals surface area contributed by atoms with E-state index in [0.29, 0.717) is 5.92 Å². The third-order valence-electron chi connectivity index (χ3n) is 7.99. The van der Waals surface area contributed by atoms with Gasteiger partial charge in [0.2, 0.25) is 0 Å². The van der Waals surface area contributed by atoms with Crippen LogP contribution in [0.25, 0.3) is 0 Å². The number of rotatable bonds is 3. The molecule has 32 heavy (non-hydrogen) atoms. The summed E-state index contributed by atoms with van der Waals surface area (Å²) in [6.07, 6.45) is 7.60. The van der Waals surface area contributed by atoms with Crippen molar-refractivity contribution in [3.05, 3.63) is 64.2 Å². The van der Waals surface area contributed by atoms with E-state index in [1.165, 1.54) is 60.0 Å². The molecule has 4 nitrogen and oxygen atoms in total. The number of likely N-dealkylation sites (N-methyl/N-ethyl adjacent to an activating group) is 1. The summed E-state index contributed by atoms with van der Waals surface area (Å²) >= 11 is 0. The molecule has 3 aliphatic rings. The van der Waals surface area contributed by atoms with Crippen molar-refractivity contribution < 1.29 is 4.79 Å². The van der Waals surface area contributed by atoms with Crippen LogP contribution in [0.1, 0.15) is 70.6 Å². The molecule has 2 aromatic rings. The summed E-state index contributed by atoms with van der Waals surface area (Å²) < 4.78 is 0. The lowest BCUT2D eigenvalue weighted by atomic mass is 9.84. The van der Waals surface area contributed by atoms with Crippen LogP contribution < -0.4 is 4.90 Å². The van der Waals surface area contributed by atoms with Crippen molar-refractivity contribution in [2.75, 3.05) is 44.7 Å². The van der Waals surface area contributed by atoms with Crippen LogP contribution in [-0.2, 0) is 13.0 Å². The lowest BCUT2D eigenvalue weighted by molar-refractivity contribution is 0.0734. The third-order valence-corrected chi connectivity index (χ3v) is 7.99. The van der Waals surface area contributed by atoms with E-state index in [2.05, 4.69) is 65.1 Å². The molecule has 0 spiro atoms. The van der Waals surface area contributed by atoms with Gasteiger partial charge in [0.05, 0.1) is 0 Å². The molecule has 1 saturated heterocycles.